The van der Waals surface area contributed by atoms with Crippen LogP contribution in [0.5, 0.6) is 0 Å². The minimum atomic E-state index is -4.79. The molecule has 88 valence electrons. The molecule has 0 spiro atoms. The van der Waals surface area contributed by atoms with Crippen LogP contribution in [0.25, 0.3) is 0 Å². The van der Waals surface area contributed by atoms with Gasteiger partial charge in [-0.15, -0.1) is 0 Å². The second kappa shape index (κ2) is 4.38. The van der Waals surface area contributed by atoms with Gasteiger partial charge in [-0.25, -0.2) is 9.18 Å². The standard InChI is InChI=1S/C9H7F4NO2/c10-7-2-1-5(4-14-8(15)16)3-6(7)9(11,12)13/h1-3,14H,4H2,(H,15,16). The van der Waals surface area contributed by atoms with Crippen LogP contribution in [0.4, 0.5) is 22.4 Å². The second-order valence-corrected chi connectivity index (χ2v) is 2.97. The topological polar surface area (TPSA) is 49.3 Å². The maximum absolute atomic E-state index is 12.8. The largest absolute Gasteiger partial charge is 0.465 e. The monoisotopic (exact) mass is 237 g/mol. The summed E-state index contributed by atoms with van der Waals surface area (Å²) in [6, 6.07) is 2.31. The molecule has 0 heterocycles. The Kier molecular flexibility index (Phi) is 3.36. The van der Waals surface area contributed by atoms with Crippen LogP contribution in [0.15, 0.2) is 18.2 Å². The highest BCUT2D eigenvalue weighted by Crippen LogP contribution is 2.31. The van der Waals surface area contributed by atoms with E-state index in [2.05, 4.69) is 0 Å². The molecule has 1 aromatic rings. The van der Waals surface area contributed by atoms with Gasteiger partial charge in [0.2, 0.25) is 0 Å². The van der Waals surface area contributed by atoms with Crippen LogP contribution in [0, 0.1) is 5.82 Å². The van der Waals surface area contributed by atoms with Crippen LogP contribution in [0.1, 0.15) is 11.1 Å². The number of alkyl halides is 3. The lowest BCUT2D eigenvalue weighted by atomic mass is 10.1. The summed E-state index contributed by atoms with van der Waals surface area (Å²) in [5, 5.41) is 10.1. The molecule has 0 bridgehead atoms. The summed E-state index contributed by atoms with van der Waals surface area (Å²) in [6.45, 7) is -0.307. The maximum Gasteiger partial charge on any atom is 0.419 e. The highest BCUT2D eigenvalue weighted by molar-refractivity contribution is 5.64. The van der Waals surface area contributed by atoms with Crippen molar-refractivity contribution in [1.82, 2.24) is 5.32 Å². The van der Waals surface area contributed by atoms with E-state index < -0.39 is 23.7 Å². The van der Waals surface area contributed by atoms with Gasteiger partial charge < -0.3 is 10.4 Å². The summed E-state index contributed by atoms with van der Waals surface area (Å²) in [4.78, 5) is 10.1. The summed E-state index contributed by atoms with van der Waals surface area (Å²) < 4.78 is 49.6. The van der Waals surface area contributed by atoms with Crippen molar-refractivity contribution >= 4 is 6.09 Å². The predicted octanol–water partition coefficient (Wildman–Crippen LogP) is 2.61. The third-order valence-electron chi connectivity index (χ3n) is 1.78. The van der Waals surface area contributed by atoms with E-state index in [4.69, 9.17) is 5.11 Å². The normalized spacial score (nSPS) is 11.2. The summed E-state index contributed by atoms with van der Waals surface area (Å²) in [5.41, 5.74) is -1.37. The molecule has 0 radical (unpaired) electrons. The number of rotatable bonds is 2. The minimum Gasteiger partial charge on any atom is -0.465 e. The number of benzene rings is 1. The lowest BCUT2D eigenvalue weighted by molar-refractivity contribution is -0.140. The molecule has 0 aliphatic heterocycles. The van der Waals surface area contributed by atoms with Gasteiger partial charge in [-0.3, -0.25) is 0 Å². The molecule has 0 aromatic heterocycles. The number of carboxylic acid groups (broad SMARTS) is 1. The van der Waals surface area contributed by atoms with Crippen LogP contribution in [-0.2, 0) is 12.7 Å². The Morgan fingerprint density at radius 1 is 1.38 bits per heavy atom. The number of halogens is 4. The van der Waals surface area contributed by atoms with E-state index in [-0.39, 0.29) is 12.1 Å². The zero-order valence-corrected chi connectivity index (χ0v) is 7.81. The SMILES string of the molecule is O=C(O)NCc1ccc(F)c(C(F)(F)F)c1. The molecule has 0 fully saturated rings. The first-order chi connectivity index (χ1) is 7.30. The average molecular weight is 237 g/mol. The fourth-order valence-corrected chi connectivity index (χ4v) is 1.08. The molecule has 0 aliphatic carbocycles. The molecule has 1 aromatic carbocycles. The summed E-state index contributed by atoms with van der Waals surface area (Å²) >= 11 is 0. The van der Waals surface area contributed by atoms with Crippen LogP contribution in [0.2, 0.25) is 0 Å². The third-order valence-corrected chi connectivity index (χ3v) is 1.78. The Morgan fingerprint density at radius 2 is 2.00 bits per heavy atom. The third kappa shape index (κ3) is 3.11. The van der Waals surface area contributed by atoms with Crippen LogP contribution in [-0.4, -0.2) is 11.2 Å². The van der Waals surface area contributed by atoms with Gasteiger partial charge in [0.1, 0.15) is 5.82 Å². The van der Waals surface area contributed by atoms with E-state index in [1.54, 1.807) is 0 Å². The molecule has 7 heteroatoms. The van der Waals surface area contributed by atoms with Gasteiger partial charge in [0.25, 0.3) is 0 Å². The Hall–Kier alpha value is -1.79. The minimum absolute atomic E-state index is 0.0381. The van der Waals surface area contributed by atoms with Gasteiger partial charge in [0, 0.05) is 6.54 Å². The first-order valence-corrected chi connectivity index (χ1v) is 4.13. The number of hydrogen-bond donors (Lipinski definition) is 2. The van der Waals surface area contributed by atoms with Crippen molar-refractivity contribution in [3.05, 3.63) is 35.1 Å². The summed E-state index contributed by atoms with van der Waals surface area (Å²) in [6.07, 6.45) is -6.15. The van der Waals surface area contributed by atoms with Gasteiger partial charge >= 0.3 is 12.3 Å². The van der Waals surface area contributed by atoms with Crippen LogP contribution in [0.3, 0.4) is 0 Å². The summed E-state index contributed by atoms with van der Waals surface area (Å²) in [7, 11) is 0. The predicted molar refractivity (Wildman–Crippen MR) is 46.3 cm³/mol. The van der Waals surface area contributed by atoms with Crippen LogP contribution < -0.4 is 5.32 Å². The zero-order valence-electron chi connectivity index (χ0n) is 7.81. The van der Waals surface area contributed by atoms with Gasteiger partial charge in [0.15, 0.2) is 0 Å². The molecule has 2 N–H and O–H groups in total. The second-order valence-electron chi connectivity index (χ2n) is 2.97. The van der Waals surface area contributed by atoms with Gasteiger partial charge in [-0.1, -0.05) is 6.07 Å². The Labute approximate surface area is 87.7 Å². The molecule has 1 rings (SSSR count). The van der Waals surface area contributed by atoms with E-state index in [0.29, 0.717) is 12.1 Å². The smallest absolute Gasteiger partial charge is 0.419 e. The molecule has 0 aliphatic rings. The lowest BCUT2D eigenvalue weighted by Crippen LogP contribution is -2.20. The Balaban J connectivity index is 2.94. The van der Waals surface area contributed by atoms with Crippen molar-refractivity contribution < 1.29 is 27.5 Å². The fourth-order valence-electron chi connectivity index (χ4n) is 1.08. The van der Waals surface area contributed by atoms with Crippen molar-refractivity contribution in [2.75, 3.05) is 0 Å². The molecule has 1 amide bonds. The number of amides is 1. The summed E-state index contributed by atoms with van der Waals surface area (Å²) in [5.74, 6) is -1.38. The van der Waals surface area contributed by atoms with Crippen molar-refractivity contribution in [1.29, 1.82) is 0 Å². The maximum atomic E-state index is 12.8. The molecule has 16 heavy (non-hydrogen) atoms. The quantitative estimate of drug-likeness (QED) is 0.777. The molecule has 0 saturated carbocycles. The fraction of sp³-hybridized carbons (Fsp3) is 0.222. The average Bonchev–Trinajstić information content (AvgIpc) is 2.14. The van der Waals surface area contributed by atoms with Crippen LogP contribution >= 0.6 is 0 Å². The first-order valence-electron chi connectivity index (χ1n) is 4.13. The first kappa shape index (κ1) is 12.3. The van der Waals surface area contributed by atoms with Gasteiger partial charge in [-0.05, 0) is 17.7 Å². The highest BCUT2D eigenvalue weighted by Gasteiger charge is 2.34. The van der Waals surface area contributed by atoms with Crippen molar-refractivity contribution in [3.8, 4) is 0 Å². The highest BCUT2D eigenvalue weighted by atomic mass is 19.4. The Bertz CT molecular complexity index is 403. The molecule has 0 atom stereocenters. The number of hydrogen-bond acceptors (Lipinski definition) is 1. The van der Waals surface area contributed by atoms with E-state index in [0.717, 1.165) is 6.07 Å². The van der Waals surface area contributed by atoms with Gasteiger partial charge in [-0.2, -0.15) is 13.2 Å². The molecule has 3 nitrogen and oxygen atoms in total. The Morgan fingerprint density at radius 3 is 2.50 bits per heavy atom. The zero-order chi connectivity index (χ0) is 12.3. The van der Waals surface area contributed by atoms with Gasteiger partial charge in [0.05, 0.1) is 5.56 Å². The van der Waals surface area contributed by atoms with E-state index in [1.807, 2.05) is 5.32 Å². The molecular formula is C9H7F4NO2. The molecule has 0 unspecified atom stereocenters. The van der Waals surface area contributed by atoms with Crippen molar-refractivity contribution in [2.24, 2.45) is 0 Å². The van der Waals surface area contributed by atoms with E-state index in [1.165, 1.54) is 0 Å². The lowest BCUT2D eigenvalue weighted by Gasteiger charge is -2.09. The van der Waals surface area contributed by atoms with Crippen molar-refractivity contribution in [3.63, 3.8) is 0 Å². The molecular weight excluding hydrogens is 230 g/mol. The molecule has 0 saturated heterocycles. The van der Waals surface area contributed by atoms with E-state index >= 15 is 0 Å². The number of nitrogens with one attached hydrogen (secondary N) is 1. The number of carbonyl (C=O) groups is 1. The van der Waals surface area contributed by atoms with E-state index in [9.17, 15) is 22.4 Å². The van der Waals surface area contributed by atoms with Crippen molar-refractivity contribution in [2.45, 2.75) is 12.7 Å².